The summed E-state index contributed by atoms with van der Waals surface area (Å²) in [5, 5.41) is 55.0. The zero-order valence-electron chi connectivity index (χ0n) is 45.2. The fourth-order valence-electron chi connectivity index (χ4n) is 8.63. The van der Waals surface area contributed by atoms with Crippen LogP contribution in [0.2, 0.25) is 0 Å². The van der Waals surface area contributed by atoms with Gasteiger partial charge in [0.25, 0.3) is 5.91 Å². The van der Waals surface area contributed by atoms with Gasteiger partial charge in [0.1, 0.15) is 71.1 Å². The van der Waals surface area contributed by atoms with Gasteiger partial charge in [-0.15, -0.1) is 0 Å². The van der Waals surface area contributed by atoms with E-state index < -0.39 is 73.3 Å². The molecule has 2 fully saturated rings. The molecule has 20 heteroatoms. The van der Waals surface area contributed by atoms with Gasteiger partial charge in [0.2, 0.25) is 0 Å². The molecule has 0 aliphatic carbocycles. The van der Waals surface area contributed by atoms with E-state index in [1.165, 1.54) is 12.7 Å². The predicted octanol–water partition coefficient (Wildman–Crippen LogP) is 5.37. The van der Waals surface area contributed by atoms with Crippen molar-refractivity contribution in [3.8, 4) is 34.5 Å². The van der Waals surface area contributed by atoms with Crippen molar-refractivity contribution in [2.24, 2.45) is 15.7 Å². The zero-order chi connectivity index (χ0) is 57.3. The number of carbonyl (C=O) groups excluding carboxylic acids is 1. The second-order valence-electron chi connectivity index (χ2n) is 18.6. The summed E-state index contributed by atoms with van der Waals surface area (Å²) in [5.74, 6) is 2.09. The maximum absolute atomic E-state index is 13.4. The lowest BCUT2D eigenvalue weighted by molar-refractivity contribution is -0.348. The Morgan fingerprint density at radius 3 is 1.26 bits per heavy atom. The number of carboxylic acid groups (broad SMARTS) is 1. The number of carboxylic acids is 1. The van der Waals surface area contributed by atoms with Crippen molar-refractivity contribution in [3.63, 3.8) is 0 Å². The number of carbonyl (C=O) groups is 2. The van der Waals surface area contributed by atoms with Crippen LogP contribution in [-0.2, 0) is 33.3 Å². The van der Waals surface area contributed by atoms with E-state index >= 15 is 0 Å². The summed E-state index contributed by atoms with van der Waals surface area (Å²) in [6.45, 7) is 5.25. The number of nitrogens with one attached hydrogen (secondary N) is 1. The Balaban J connectivity index is 0.000000286. The standard InChI is InChI=1S/C37H44N2O14.C23H24N2O2/c1-19-5-11-23(12-6-19)50-24-15-9-21(10-16-24)25(20-7-13-22(47-2)14-8-20)38-17-18-39-34(44)32-30(48-3)26(40)29(43)37(52-32)51-31-27(41)28(42)36(49-4)53-33(31)35(45)46;1-17-3-9-21(10-4-17)27-22-13-7-19(8-14-22)23(25-16-15-24)18-5-11-20(26-2)12-6-18/h5-16,26-33,36-37,40-43H,17-18H2,1-4H3,(H,39,44)(H,45,46);3-14H,15-16,24H2,1-2H3/t26-,27-,28?,29?,30+,31+,32?,33?,36-,37-;/m1./s1. The van der Waals surface area contributed by atoms with Crippen LogP contribution in [0, 0.1) is 13.8 Å². The highest BCUT2D eigenvalue weighted by atomic mass is 16.7. The first-order chi connectivity index (χ1) is 38.6. The number of rotatable bonds is 21. The Morgan fingerprint density at radius 2 is 0.875 bits per heavy atom. The van der Waals surface area contributed by atoms with Gasteiger partial charge >= 0.3 is 5.97 Å². The largest absolute Gasteiger partial charge is 0.497 e. The summed E-state index contributed by atoms with van der Waals surface area (Å²) in [6, 6.07) is 46.2. The van der Waals surface area contributed by atoms with Gasteiger partial charge in [-0.3, -0.25) is 14.8 Å². The van der Waals surface area contributed by atoms with Crippen molar-refractivity contribution in [2.45, 2.75) is 75.3 Å². The molecule has 0 saturated carbocycles. The Kier molecular flexibility index (Phi) is 21.8. The maximum atomic E-state index is 13.4. The Morgan fingerprint density at radius 1 is 0.500 bits per heavy atom. The van der Waals surface area contributed by atoms with Gasteiger partial charge < -0.3 is 79.2 Å². The number of aliphatic carboxylic acids is 1. The second-order valence-corrected chi connectivity index (χ2v) is 18.6. The fraction of sp³-hybridized carbons (Fsp3) is 0.333. The smallest absolute Gasteiger partial charge is 0.335 e. The van der Waals surface area contributed by atoms with Crippen molar-refractivity contribution in [3.05, 3.63) is 179 Å². The highest BCUT2D eigenvalue weighted by molar-refractivity contribution is 6.13. The summed E-state index contributed by atoms with van der Waals surface area (Å²) >= 11 is 0. The third kappa shape index (κ3) is 15.6. The van der Waals surface area contributed by atoms with Gasteiger partial charge in [0, 0.05) is 49.6 Å². The molecule has 424 valence electrons. The minimum Gasteiger partial charge on any atom is -0.497 e. The molecule has 0 spiro atoms. The molecule has 2 aliphatic heterocycles. The van der Waals surface area contributed by atoms with Crippen LogP contribution in [0.3, 0.4) is 0 Å². The number of amides is 1. The monoisotopic (exact) mass is 1100 g/mol. The average Bonchev–Trinajstić information content (AvgIpc) is 3.52. The molecule has 80 heavy (non-hydrogen) atoms. The summed E-state index contributed by atoms with van der Waals surface area (Å²) < 4.78 is 49.1. The van der Waals surface area contributed by atoms with Crippen LogP contribution >= 0.6 is 0 Å². The van der Waals surface area contributed by atoms with E-state index in [0.717, 1.165) is 57.9 Å². The lowest BCUT2D eigenvalue weighted by Crippen LogP contribution is -2.66. The fourth-order valence-corrected chi connectivity index (χ4v) is 8.63. The molecule has 0 radical (unpaired) electrons. The van der Waals surface area contributed by atoms with E-state index in [-0.39, 0.29) is 13.1 Å². The molecule has 8 N–H and O–H groups in total. The predicted molar refractivity (Wildman–Crippen MR) is 296 cm³/mol. The highest BCUT2D eigenvalue weighted by Gasteiger charge is 2.54. The van der Waals surface area contributed by atoms with Crippen LogP contribution in [0.1, 0.15) is 33.4 Å². The van der Waals surface area contributed by atoms with Crippen LogP contribution in [0.5, 0.6) is 34.5 Å². The molecular weight excluding hydrogens is 1030 g/mol. The molecular formula is C60H68N4O16. The Bertz CT molecular complexity index is 2960. The number of nitrogens with two attached hydrogens (primary N) is 1. The first kappa shape index (κ1) is 60.0. The van der Waals surface area contributed by atoms with Crippen LogP contribution in [0.25, 0.3) is 0 Å². The molecule has 2 aliphatic rings. The molecule has 2 heterocycles. The van der Waals surface area contributed by atoms with Gasteiger partial charge in [-0.1, -0.05) is 35.4 Å². The number of hydrogen-bond acceptors (Lipinski definition) is 18. The van der Waals surface area contributed by atoms with Crippen molar-refractivity contribution in [1.29, 1.82) is 0 Å². The molecule has 2 saturated heterocycles. The highest BCUT2D eigenvalue weighted by Crippen LogP contribution is 2.31. The quantitative estimate of drug-likeness (QED) is 0.0353. The van der Waals surface area contributed by atoms with Crippen LogP contribution in [-0.4, -0.2) is 165 Å². The zero-order valence-corrected chi connectivity index (χ0v) is 45.2. The topological polar surface area (TPSA) is 281 Å². The number of methoxy groups -OCH3 is 4. The molecule has 10 atom stereocenters. The molecule has 4 unspecified atom stereocenters. The van der Waals surface area contributed by atoms with E-state index in [1.54, 1.807) is 26.4 Å². The number of aliphatic hydroxyl groups excluding tert-OH is 4. The molecule has 8 rings (SSSR count). The van der Waals surface area contributed by atoms with Gasteiger partial charge in [-0.25, -0.2) is 4.79 Å². The summed E-state index contributed by atoms with van der Waals surface area (Å²) in [7, 11) is 5.57. The van der Waals surface area contributed by atoms with Crippen LogP contribution in [0.4, 0.5) is 0 Å². The number of nitrogens with zero attached hydrogens (tertiary/aromatic N) is 2. The molecule has 6 aromatic carbocycles. The van der Waals surface area contributed by atoms with Crippen molar-refractivity contribution < 1.29 is 77.8 Å². The number of aliphatic imine (C=N–C) groups is 2. The summed E-state index contributed by atoms with van der Waals surface area (Å²) in [4.78, 5) is 34.8. The van der Waals surface area contributed by atoms with Gasteiger partial charge in [0.15, 0.2) is 24.8 Å². The number of aryl methyl sites for hydroxylation is 2. The number of ether oxygens (including phenoxy) is 9. The first-order valence-corrected chi connectivity index (χ1v) is 25.7. The molecule has 6 aromatic rings. The minimum atomic E-state index is -1.87. The third-order valence-electron chi connectivity index (χ3n) is 13.0. The van der Waals surface area contributed by atoms with Gasteiger partial charge in [0.05, 0.1) is 38.7 Å². The SMILES string of the molecule is COc1ccc(C(=NCCN)c2ccc(Oc3ccc(C)cc3)cc2)cc1.COc1ccc(C(=NCCNC(=O)C2O[C@@H](O[C@@H]3C(C(=O)O)O[C@@H](OC)C(O)[C@H]3O)C(O)[C@@H](O)[C@@H]2OC)c2ccc(Oc3ccc(C)cc3)cc2)cc1. The first-order valence-electron chi connectivity index (χ1n) is 25.7. The van der Waals surface area contributed by atoms with E-state index in [2.05, 4.69) is 17.2 Å². The van der Waals surface area contributed by atoms with Crippen LogP contribution in [0.15, 0.2) is 156 Å². The lowest BCUT2D eigenvalue weighted by atomic mass is 9.96. The number of benzene rings is 6. The summed E-state index contributed by atoms with van der Waals surface area (Å²) in [6.07, 6.45) is -17.1. The molecule has 1 amide bonds. The van der Waals surface area contributed by atoms with E-state index in [1.807, 2.05) is 140 Å². The van der Waals surface area contributed by atoms with Gasteiger partial charge in [-0.2, -0.15) is 0 Å². The number of hydrogen-bond donors (Lipinski definition) is 7. The van der Waals surface area contributed by atoms with Crippen LogP contribution < -0.4 is 30.0 Å². The normalized spacial score (nSPS) is 23.0. The second kappa shape index (κ2) is 29.0. The van der Waals surface area contributed by atoms with E-state index in [0.29, 0.717) is 36.0 Å². The molecule has 20 nitrogen and oxygen atoms in total. The van der Waals surface area contributed by atoms with E-state index in [4.69, 9.17) is 53.4 Å². The van der Waals surface area contributed by atoms with E-state index in [9.17, 15) is 35.1 Å². The Labute approximate surface area is 463 Å². The molecule has 0 bridgehead atoms. The Hall–Kier alpha value is -7.60. The summed E-state index contributed by atoms with van der Waals surface area (Å²) in [5.41, 5.74) is 13.1. The van der Waals surface area contributed by atoms with Crippen molar-refractivity contribution >= 4 is 23.3 Å². The third-order valence-corrected chi connectivity index (χ3v) is 13.0. The lowest BCUT2D eigenvalue weighted by Gasteiger charge is -2.45. The van der Waals surface area contributed by atoms with Crippen molar-refractivity contribution in [2.75, 3.05) is 54.6 Å². The molecule has 0 aromatic heterocycles. The maximum Gasteiger partial charge on any atom is 0.335 e. The van der Waals surface area contributed by atoms with Gasteiger partial charge in [-0.05, 0) is 135 Å². The minimum absolute atomic E-state index is 0.00837. The van der Waals surface area contributed by atoms with Crippen molar-refractivity contribution in [1.82, 2.24) is 5.32 Å². The number of aliphatic hydroxyl groups is 4. The average molecular weight is 1100 g/mol.